The smallest absolute Gasteiger partial charge is 0.315 e. The molecule has 1 heterocycles. The van der Waals surface area contributed by atoms with Crippen molar-refractivity contribution in [2.45, 2.75) is 46.2 Å². The fourth-order valence-corrected chi connectivity index (χ4v) is 2.25. The number of benzene rings is 1. The fourth-order valence-electron chi connectivity index (χ4n) is 2.25. The summed E-state index contributed by atoms with van der Waals surface area (Å²) in [4.78, 5) is 0. The number of aromatic nitrogens is 2. The summed E-state index contributed by atoms with van der Waals surface area (Å²) in [5, 5.41) is 14.8. The molecule has 2 aromatic rings. The van der Waals surface area contributed by atoms with E-state index in [1.807, 2.05) is 19.1 Å². The highest BCUT2D eigenvalue weighted by Crippen LogP contribution is 2.22. The zero-order chi connectivity index (χ0) is 15.2. The highest BCUT2D eigenvalue weighted by Gasteiger charge is 2.15. The molecule has 0 aliphatic heterocycles. The van der Waals surface area contributed by atoms with Crippen LogP contribution in [0.5, 0.6) is 0 Å². The van der Waals surface area contributed by atoms with Crippen molar-refractivity contribution in [3.05, 3.63) is 41.3 Å². The molecule has 114 valence electrons. The van der Waals surface area contributed by atoms with E-state index in [0.29, 0.717) is 11.9 Å². The van der Waals surface area contributed by atoms with Gasteiger partial charge in [-0.25, -0.2) is 0 Å². The predicted molar refractivity (Wildman–Crippen MR) is 84.2 cm³/mol. The second-order valence-electron chi connectivity index (χ2n) is 5.34. The molecule has 2 unspecified atom stereocenters. The average Bonchev–Trinajstić information content (AvgIpc) is 2.93. The summed E-state index contributed by atoms with van der Waals surface area (Å²) in [7, 11) is 0. The summed E-state index contributed by atoms with van der Waals surface area (Å²) in [5.74, 6) is 0.614. The highest BCUT2D eigenvalue weighted by atomic mass is 16.4. The first-order valence-corrected chi connectivity index (χ1v) is 7.50. The van der Waals surface area contributed by atoms with Gasteiger partial charge in [0.15, 0.2) is 0 Å². The van der Waals surface area contributed by atoms with E-state index in [0.717, 1.165) is 13.0 Å². The molecule has 2 atom stereocenters. The lowest BCUT2D eigenvalue weighted by Gasteiger charge is -2.14. The lowest BCUT2D eigenvalue weighted by molar-refractivity contribution is 0.421. The molecule has 0 aliphatic rings. The van der Waals surface area contributed by atoms with Crippen molar-refractivity contribution in [3.63, 3.8) is 0 Å². The van der Waals surface area contributed by atoms with Gasteiger partial charge in [-0.2, -0.15) is 0 Å². The van der Waals surface area contributed by atoms with Crippen molar-refractivity contribution < 1.29 is 4.42 Å². The van der Waals surface area contributed by atoms with E-state index in [-0.39, 0.29) is 12.1 Å². The molecule has 2 N–H and O–H groups in total. The molecule has 2 rings (SSSR count). The minimum Gasteiger partial charge on any atom is -0.406 e. The van der Waals surface area contributed by atoms with E-state index in [1.54, 1.807) is 0 Å². The van der Waals surface area contributed by atoms with Gasteiger partial charge in [-0.3, -0.25) is 0 Å². The number of hydrogen-bond donors (Lipinski definition) is 2. The van der Waals surface area contributed by atoms with Crippen LogP contribution < -0.4 is 10.6 Å². The number of nitrogens with one attached hydrogen (secondary N) is 2. The maximum Gasteiger partial charge on any atom is 0.315 e. The number of nitrogens with zero attached hydrogens (tertiary/aromatic N) is 2. The standard InChI is InChI=1S/C16H24N4O/c1-5-10-17-13(4)15-19-20-16(21-15)18-12(3)14-9-7-6-8-11(14)2/h6-9,12-13,17H,5,10H2,1-4H3,(H,18,20). The zero-order valence-corrected chi connectivity index (χ0v) is 13.2. The molecule has 1 aromatic carbocycles. The maximum absolute atomic E-state index is 5.68. The quantitative estimate of drug-likeness (QED) is 0.815. The molecule has 5 heteroatoms. The van der Waals surface area contributed by atoms with Gasteiger partial charge in [-0.15, -0.1) is 5.10 Å². The van der Waals surface area contributed by atoms with Crippen LogP contribution in [0.2, 0.25) is 0 Å². The first-order valence-electron chi connectivity index (χ1n) is 7.50. The minimum absolute atomic E-state index is 0.0711. The minimum atomic E-state index is 0.0711. The molecule has 1 aromatic heterocycles. The van der Waals surface area contributed by atoms with Gasteiger partial charge >= 0.3 is 6.01 Å². The molecular weight excluding hydrogens is 264 g/mol. The third-order valence-electron chi connectivity index (χ3n) is 3.51. The van der Waals surface area contributed by atoms with Crippen LogP contribution in [-0.2, 0) is 0 Å². The van der Waals surface area contributed by atoms with E-state index in [4.69, 9.17) is 4.42 Å². The molecule has 0 spiro atoms. The van der Waals surface area contributed by atoms with E-state index < -0.39 is 0 Å². The fraction of sp³-hybridized carbons (Fsp3) is 0.500. The average molecular weight is 288 g/mol. The van der Waals surface area contributed by atoms with E-state index in [2.05, 4.69) is 53.7 Å². The Labute approximate surface area is 126 Å². The Morgan fingerprint density at radius 3 is 2.62 bits per heavy atom. The first kappa shape index (κ1) is 15.5. The molecular formula is C16H24N4O. The highest BCUT2D eigenvalue weighted by molar-refractivity contribution is 5.34. The summed E-state index contributed by atoms with van der Waals surface area (Å²) >= 11 is 0. The Morgan fingerprint density at radius 1 is 1.14 bits per heavy atom. The first-order chi connectivity index (χ1) is 10.1. The van der Waals surface area contributed by atoms with Gasteiger partial charge in [0.2, 0.25) is 5.89 Å². The molecule has 0 bridgehead atoms. The largest absolute Gasteiger partial charge is 0.406 e. The normalized spacial score (nSPS) is 13.9. The van der Waals surface area contributed by atoms with Gasteiger partial charge in [-0.05, 0) is 44.9 Å². The Morgan fingerprint density at radius 2 is 1.90 bits per heavy atom. The Hall–Kier alpha value is -1.88. The third-order valence-corrected chi connectivity index (χ3v) is 3.51. The van der Waals surface area contributed by atoms with Crippen LogP contribution in [-0.4, -0.2) is 16.7 Å². The van der Waals surface area contributed by atoms with Gasteiger partial charge in [-0.1, -0.05) is 36.3 Å². The molecule has 21 heavy (non-hydrogen) atoms. The van der Waals surface area contributed by atoms with E-state index >= 15 is 0 Å². The number of rotatable bonds is 7. The maximum atomic E-state index is 5.68. The van der Waals surface area contributed by atoms with Gasteiger partial charge in [0.05, 0.1) is 12.1 Å². The lowest BCUT2D eigenvalue weighted by Crippen LogP contribution is -2.19. The van der Waals surface area contributed by atoms with Crippen LogP contribution in [0.4, 0.5) is 6.01 Å². The van der Waals surface area contributed by atoms with Crippen LogP contribution in [0.25, 0.3) is 0 Å². The van der Waals surface area contributed by atoms with Gasteiger partial charge < -0.3 is 15.1 Å². The van der Waals surface area contributed by atoms with Crippen molar-refractivity contribution in [1.29, 1.82) is 0 Å². The molecule has 0 saturated carbocycles. The van der Waals surface area contributed by atoms with Crippen LogP contribution in [0.1, 0.15) is 56.3 Å². The van der Waals surface area contributed by atoms with Crippen molar-refractivity contribution in [3.8, 4) is 0 Å². The molecule has 0 radical (unpaired) electrons. The number of anilines is 1. The monoisotopic (exact) mass is 288 g/mol. The Kier molecular flexibility index (Phi) is 5.33. The molecule has 5 nitrogen and oxygen atoms in total. The summed E-state index contributed by atoms with van der Waals surface area (Å²) in [5.41, 5.74) is 2.48. The van der Waals surface area contributed by atoms with Crippen molar-refractivity contribution >= 4 is 6.01 Å². The Balaban J connectivity index is 2.00. The summed E-state index contributed by atoms with van der Waals surface area (Å²) in [6, 6.07) is 8.94. The van der Waals surface area contributed by atoms with Crippen molar-refractivity contribution in [2.24, 2.45) is 0 Å². The van der Waals surface area contributed by atoms with E-state index in [9.17, 15) is 0 Å². The summed E-state index contributed by atoms with van der Waals surface area (Å²) < 4.78 is 5.68. The summed E-state index contributed by atoms with van der Waals surface area (Å²) in [6.07, 6.45) is 1.08. The van der Waals surface area contributed by atoms with Gasteiger partial charge in [0, 0.05) is 0 Å². The Bertz CT molecular complexity index is 567. The third kappa shape index (κ3) is 4.04. The van der Waals surface area contributed by atoms with E-state index in [1.165, 1.54) is 11.1 Å². The topological polar surface area (TPSA) is 63.0 Å². The molecule has 0 aliphatic carbocycles. The number of hydrogen-bond acceptors (Lipinski definition) is 5. The lowest BCUT2D eigenvalue weighted by atomic mass is 10.0. The van der Waals surface area contributed by atoms with Crippen molar-refractivity contribution in [2.75, 3.05) is 11.9 Å². The zero-order valence-electron chi connectivity index (χ0n) is 13.2. The van der Waals surface area contributed by atoms with Gasteiger partial charge in [0.25, 0.3) is 0 Å². The molecule has 0 amide bonds. The second kappa shape index (κ2) is 7.22. The van der Waals surface area contributed by atoms with Crippen LogP contribution in [0.3, 0.4) is 0 Å². The predicted octanol–water partition coefficient (Wildman–Crippen LogP) is 3.61. The van der Waals surface area contributed by atoms with Crippen LogP contribution in [0, 0.1) is 6.92 Å². The SMILES string of the molecule is CCCNC(C)c1nnc(NC(C)c2ccccc2C)o1. The van der Waals surface area contributed by atoms with Crippen molar-refractivity contribution in [1.82, 2.24) is 15.5 Å². The molecule has 0 fully saturated rings. The second-order valence-corrected chi connectivity index (χ2v) is 5.34. The number of aryl methyl sites for hydroxylation is 1. The van der Waals surface area contributed by atoms with Gasteiger partial charge in [0.1, 0.15) is 0 Å². The van der Waals surface area contributed by atoms with Crippen LogP contribution in [0.15, 0.2) is 28.7 Å². The molecule has 0 saturated heterocycles. The summed E-state index contributed by atoms with van der Waals surface area (Å²) in [6.45, 7) is 9.28. The van der Waals surface area contributed by atoms with Crippen LogP contribution >= 0.6 is 0 Å².